The number of hydrogen-bond donors (Lipinski definition) is 2. The number of ether oxygens (including phenoxy) is 1. The van der Waals surface area contributed by atoms with Crippen molar-refractivity contribution in [2.45, 2.75) is 32.4 Å². The number of likely N-dealkylation sites (tertiary alicyclic amines) is 1. The fourth-order valence-corrected chi connectivity index (χ4v) is 4.28. The van der Waals surface area contributed by atoms with Gasteiger partial charge in [-0.15, -0.1) is 11.3 Å². The van der Waals surface area contributed by atoms with Crippen LogP contribution in [-0.4, -0.2) is 44.1 Å². The molecule has 27 heavy (non-hydrogen) atoms. The summed E-state index contributed by atoms with van der Waals surface area (Å²) in [6.45, 7) is 6.80. The Labute approximate surface area is 166 Å². The highest BCUT2D eigenvalue weighted by Crippen LogP contribution is 2.27. The molecule has 5 nitrogen and oxygen atoms in total. The van der Waals surface area contributed by atoms with Gasteiger partial charge in [0.15, 0.2) is 5.96 Å². The van der Waals surface area contributed by atoms with E-state index in [2.05, 4.69) is 46.0 Å². The summed E-state index contributed by atoms with van der Waals surface area (Å²) >= 11 is 1.84. The first-order valence-electron chi connectivity index (χ1n) is 9.72. The molecule has 3 rings (SSSR count). The van der Waals surface area contributed by atoms with E-state index in [4.69, 9.17) is 9.73 Å². The number of nitrogens with one attached hydrogen (secondary N) is 2. The molecule has 2 heterocycles. The maximum Gasteiger partial charge on any atom is 0.191 e. The molecule has 1 aliphatic heterocycles. The van der Waals surface area contributed by atoms with Crippen molar-refractivity contribution < 1.29 is 4.74 Å². The van der Waals surface area contributed by atoms with Gasteiger partial charge >= 0.3 is 0 Å². The van der Waals surface area contributed by atoms with Crippen molar-refractivity contribution in [3.8, 4) is 5.75 Å². The summed E-state index contributed by atoms with van der Waals surface area (Å²) in [5.74, 6) is 1.73. The quantitative estimate of drug-likeness (QED) is 0.537. The van der Waals surface area contributed by atoms with Crippen LogP contribution in [0.4, 0.5) is 0 Å². The van der Waals surface area contributed by atoms with Crippen molar-refractivity contribution in [1.82, 2.24) is 15.5 Å². The average Bonchev–Trinajstić information content (AvgIpc) is 3.41. The topological polar surface area (TPSA) is 48.9 Å². The summed E-state index contributed by atoms with van der Waals surface area (Å²) in [5.41, 5.74) is 1.14. The van der Waals surface area contributed by atoms with Gasteiger partial charge in [0.25, 0.3) is 0 Å². The van der Waals surface area contributed by atoms with Gasteiger partial charge in [-0.05, 0) is 62.0 Å². The van der Waals surface area contributed by atoms with E-state index in [-0.39, 0.29) is 0 Å². The molecule has 0 bridgehead atoms. The predicted molar refractivity (Wildman–Crippen MR) is 114 cm³/mol. The Morgan fingerprint density at radius 2 is 2.07 bits per heavy atom. The lowest BCUT2D eigenvalue weighted by Crippen LogP contribution is -2.42. The van der Waals surface area contributed by atoms with Gasteiger partial charge in [0.1, 0.15) is 5.75 Å². The van der Waals surface area contributed by atoms with E-state index in [1.807, 2.05) is 29.5 Å². The lowest BCUT2D eigenvalue weighted by atomic mass is 10.2. The molecule has 1 saturated heterocycles. The molecule has 1 aromatic heterocycles. The Morgan fingerprint density at radius 3 is 2.78 bits per heavy atom. The van der Waals surface area contributed by atoms with E-state index in [9.17, 15) is 0 Å². The Morgan fingerprint density at radius 1 is 1.22 bits per heavy atom. The summed E-state index contributed by atoms with van der Waals surface area (Å²) in [6.07, 6.45) is 2.59. The Hall–Kier alpha value is -2.05. The Bertz CT molecular complexity index is 711. The highest BCUT2D eigenvalue weighted by molar-refractivity contribution is 7.10. The van der Waals surface area contributed by atoms with Crippen LogP contribution in [0.25, 0.3) is 0 Å². The molecule has 2 N–H and O–H groups in total. The van der Waals surface area contributed by atoms with Gasteiger partial charge < -0.3 is 15.4 Å². The van der Waals surface area contributed by atoms with Crippen LogP contribution in [-0.2, 0) is 6.54 Å². The number of rotatable bonds is 8. The fourth-order valence-electron chi connectivity index (χ4n) is 3.42. The van der Waals surface area contributed by atoms with Gasteiger partial charge in [0.2, 0.25) is 0 Å². The second kappa shape index (κ2) is 10.3. The van der Waals surface area contributed by atoms with Crippen molar-refractivity contribution >= 4 is 17.3 Å². The van der Waals surface area contributed by atoms with E-state index in [1.165, 1.54) is 30.8 Å². The summed E-state index contributed by atoms with van der Waals surface area (Å²) in [6, 6.07) is 12.9. The molecule has 2 aromatic rings. The standard InChI is InChI=1S/C21H30N4OS/c1-3-22-21(23-15-17-8-6-9-18(14-17)26-2)24-16-19(20-10-7-13-27-20)25-11-4-5-12-25/h6-10,13-14,19H,3-5,11-12,15-16H2,1-2H3,(H2,22,23,24). The summed E-state index contributed by atoms with van der Waals surface area (Å²) in [4.78, 5) is 8.77. The molecule has 1 aliphatic rings. The van der Waals surface area contributed by atoms with Crippen LogP contribution in [0.15, 0.2) is 46.8 Å². The van der Waals surface area contributed by atoms with Crippen molar-refractivity contribution in [2.75, 3.05) is 33.3 Å². The molecule has 6 heteroatoms. The van der Waals surface area contributed by atoms with Crippen LogP contribution >= 0.6 is 11.3 Å². The average molecular weight is 387 g/mol. The third-order valence-corrected chi connectivity index (χ3v) is 5.79. The van der Waals surface area contributed by atoms with Gasteiger partial charge in [0.05, 0.1) is 19.7 Å². The molecule has 146 valence electrons. The molecule has 1 fully saturated rings. The number of methoxy groups -OCH3 is 1. The highest BCUT2D eigenvalue weighted by Gasteiger charge is 2.24. The van der Waals surface area contributed by atoms with E-state index >= 15 is 0 Å². The second-order valence-corrected chi connectivity index (χ2v) is 7.68. The van der Waals surface area contributed by atoms with Crippen LogP contribution in [0.1, 0.15) is 36.2 Å². The van der Waals surface area contributed by atoms with Crippen LogP contribution in [0, 0.1) is 0 Å². The molecule has 0 spiro atoms. The van der Waals surface area contributed by atoms with Crippen LogP contribution in [0.2, 0.25) is 0 Å². The number of hydrogen-bond acceptors (Lipinski definition) is 4. The molecule has 1 atom stereocenters. The third-order valence-electron chi connectivity index (χ3n) is 4.81. The van der Waals surface area contributed by atoms with Gasteiger partial charge in [0, 0.05) is 18.0 Å². The fraction of sp³-hybridized carbons (Fsp3) is 0.476. The second-order valence-electron chi connectivity index (χ2n) is 6.70. The number of thiophene rings is 1. The third kappa shape index (κ3) is 5.71. The molecular weight excluding hydrogens is 356 g/mol. The predicted octanol–water partition coefficient (Wildman–Crippen LogP) is 3.65. The molecule has 1 unspecified atom stereocenters. The Balaban J connectivity index is 1.65. The first-order valence-corrected chi connectivity index (χ1v) is 10.6. The molecule has 0 saturated carbocycles. The van der Waals surface area contributed by atoms with Crippen molar-refractivity contribution in [2.24, 2.45) is 4.99 Å². The minimum absolute atomic E-state index is 0.410. The van der Waals surface area contributed by atoms with E-state index in [1.54, 1.807) is 7.11 Å². The van der Waals surface area contributed by atoms with Gasteiger partial charge in [-0.25, -0.2) is 4.99 Å². The molecule has 1 aromatic carbocycles. The van der Waals surface area contributed by atoms with Crippen molar-refractivity contribution in [3.05, 3.63) is 52.2 Å². The smallest absolute Gasteiger partial charge is 0.191 e. The lowest BCUT2D eigenvalue weighted by Gasteiger charge is -2.27. The number of benzene rings is 1. The normalized spacial score (nSPS) is 16.3. The molecule has 0 aliphatic carbocycles. The summed E-state index contributed by atoms with van der Waals surface area (Å²) in [5, 5.41) is 9.09. The lowest BCUT2D eigenvalue weighted by molar-refractivity contribution is 0.249. The SMILES string of the molecule is CCNC(=NCc1cccc(OC)c1)NCC(c1cccs1)N1CCCC1. The van der Waals surface area contributed by atoms with E-state index < -0.39 is 0 Å². The molecular formula is C21H30N4OS. The number of guanidine groups is 1. The largest absolute Gasteiger partial charge is 0.497 e. The zero-order valence-electron chi connectivity index (χ0n) is 16.3. The summed E-state index contributed by atoms with van der Waals surface area (Å²) in [7, 11) is 1.69. The van der Waals surface area contributed by atoms with E-state index in [0.29, 0.717) is 12.6 Å². The maximum absolute atomic E-state index is 5.30. The zero-order valence-corrected chi connectivity index (χ0v) is 17.1. The summed E-state index contributed by atoms with van der Waals surface area (Å²) < 4.78 is 5.30. The van der Waals surface area contributed by atoms with Gasteiger partial charge in [-0.3, -0.25) is 4.90 Å². The van der Waals surface area contributed by atoms with Crippen molar-refractivity contribution in [1.29, 1.82) is 0 Å². The number of aliphatic imine (C=N–C) groups is 1. The maximum atomic E-state index is 5.30. The van der Waals surface area contributed by atoms with Crippen LogP contribution in [0.5, 0.6) is 5.75 Å². The monoisotopic (exact) mass is 386 g/mol. The van der Waals surface area contributed by atoms with E-state index in [0.717, 1.165) is 30.4 Å². The zero-order chi connectivity index (χ0) is 18.9. The van der Waals surface area contributed by atoms with Crippen molar-refractivity contribution in [3.63, 3.8) is 0 Å². The Kier molecular flexibility index (Phi) is 7.54. The van der Waals surface area contributed by atoms with Crippen LogP contribution < -0.4 is 15.4 Å². The van der Waals surface area contributed by atoms with Gasteiger partial charge in [-0.1, -0.05) is 18.2 Å². The molecule has 0 radical (unpaired) electrons. The molecule has 0 amide bonds. The van der Waals surface area contributed by atoms with Crippen LogP contribution in [0.3, 0.4) is 0 Å². The minimum atomic E-state index is 0.410. The minimum Gasteiger partial charge on any atom is -0.497 e. The number of nitrogens with zero attached hydrogens (tertiary/aromatic N) is 2. The highest BCUT2D eigenvalue weighted by atomic mass is 32.1. The van der Waals surface area contributed by atoms with Gasteiger partial charge in [-0.2, -0.15) is 0 Å². The first kappa shape index (κ1) is 19.7. The first-order chi connectivity index (χ1) is 13.3.